The largest absolute Gasteiger partial charge is 0.335 e. The van der Waals surface area contributed by atoms with E-state index in [1.807, 2.05) is 0 Å². The van der Waals surface area contributed by atoms with Crippen LogP contribution in [0.4, 0.5) is 19.1 Å². The van der Waals surface area contributed by atoms with E-state index < -0.39 is 18.3 Å². The maximum Gasteiger partial charge on any atom is 0.267 e. The first-order valence-corrected chi connectivity index (χ1v) is 4.17. The van der Waals surface area contributed by atoms with Crippen LogP contribution in [0.15, 0.2) is 12.4 Å². The average Bonchev–Trinajstić information content (AvgIpc) is 2.47. The third-order valence-corrected chi connectivity index (χ3v) is 2.06. The molecule has 1 fully saturated rings. The van der Waals surface area contributed by atoms with Crippen molar-refractivity contribution >= 4 is 5.95 Å². The van der Waals surface area contributed by atoms with E-state index in [0.717, 1.165) is 12.4 Å². The summed E-state index contributed by atoms with van der Waals surface area (Å²) in [5.41, 5.74) is 0. The van der Waals surface area contributed by atoms with Gasteiger partial charge in [-0.25, -0.2) is 23.1 Å². The van der Waals surface area contributed by atoms with Gasteiger partial charge in [-0.15, -0.1) is 0 Å². The second kappa shape index (κ2) is 3.11. The summed E-state index contributed by atoms with van der Waals surface area (Å²) in [6, 6.07) is 0. The lowest BCUT2D eigenvalue weighted by molar-refractivity contribution is 0.0256. The fourth-order valence-electron chi connectivity index (χ4n) is 1.38. The third-order valence-electron chi connectivity index (χ3n) is 2.06. The van der Waals surface area contributed by atoms with Crippen LogP contribution in [0.2, 0.25) is 0 Å². The van der Waals surface area contributed by atoms with Gasteiger partial charge in [-0.05, 0) is 0 Å². The molecule has 0 aliphatic carbocycles. The first-order chi connectivity index (χ1) is 6.57. The number of aromatic nitrogens is 2. The molecular weight excluding hydrogens is 195 g/mol. The lowest BCUT2D eigenvalue weighted by Crippen LogP contribution is -2.26. The fourth-order valence-corrected chi connectivity index (χ4v) is 1.38. The van der Waals surface area contributed by atoms with Crippen molar-refractivity contribution in [3.8, 4) is 0 Å². The summed E-state index contributed by atoms with van der Waals surface area (Å²) in [7, 11) is 0. The Kier molecular flexibility index (Phi) is 2.05. The molecule has 0 N–H and O–H groups in total. The zero-order chi connectivity index (χ0) is 10.2. The highest BCUT2D eigenvalue weighted by Gasteiger charge is 2.39. The van der Waals surface area contributed by atoms with Gasteiger partial charge in [0.25, 0.3) is 5.92 Å². The summed E-state index contributed by atoms with van der Waals surface area (Å²) >= 11 is 0. The number of hydrogen-bond donors (Lipinski definition) is 0. The molecule has 14 heavy (non-hydrogen) atoms. The smallest absolute Gasteiger partial charge is 0.267 e. The maximum atomic E-state index is 12.8. The van der Waals surface area contributed by atoms with Crippen molar-refractivity contribution < 1.29 is 13.2 Å². The highest BCUT2D eigenvalue weighted by molar-refractivity contribution is 5.31. The van der Waals surface area contributed by atoms with Crippen molar-refractivity contribution in [3.05, 3.63) is 18.2 Å². The van der Waals surface area contributed by atoms with Gasteiger partial charge in [-0.2, -0.15) is 0 Å². The zero-order valence-electron chi connectivity index (χ0n) is 7.25. The zero-order valence-corrected chi connectivity index (χ0v) is 7.25. The van der Waals surface area contributed by atoms with Gasteiger partial charge >= 0.3 is 0 Å². The van der Waals surface area contributed by atoms with Crippen LogP contribution in [-0.2, 0) is 0 Å². The summed E-state index contributed by atoms with van der Waals surface area (Å²) in [6.45, 7) is -0.183. The Morgan fingerprint density at radius 1 is 1.29 bits per heavy atom. The Hall–Kier alpha value is -1.33. The van der Waals surface area contributed by atoms with Gasteiger partial charge in [0.1, 0.15) is 0 Å². The van der Waals surface area contributed by atoms with Gasteiger partial charge < -0.3 is 4.90 Å². The number of halogens is 3. The number of alkyl halides is 2. The van der Waals surface area contributed by atoms with E-state index in [1.54, 1.807) is 0 Å². The van der Waals surface area contributed by atoms with E-state index >= 15 is 0 Å². The van der Waals surface area contributed by atoms with Gasteiger partial charge in [0, 0.05) is 13.0 Å². The second-order valence-corrected chi connectivity index (χ2v) is 3.23. The lowest BCUT2D eigenvalue weighted by atomic mass is 10.3. The van der Waals surface area contributed by atoms with Gasteiger partial charge in [0.15, 0.2) is 5.82 Å². The van der Waals surface area contributed by atoms with Crippen LogP contribution < -0.4 is 4.90 Å². The molecule has 1 aromatic heterocycles. The molecule has 0 unspecified atom stereocenters. The average molecular weight is 203 g/mol. The molecule has 3 nitrogen and oxygen atoms in total. The Bertz CT molecular complexity index is 325. The molecule has 1 saturated heterocycles. The van der Waals surface area contributed by atoms with Crippen molar-refractivity contribution in [1.29, 1.82) is 0 Å². The van der Waals surface area contributed by atoms with Crippen LogP contribution in [-0.4, -0.2) is 29.0 Å². The van der Waals surface area contributed by atoms with Crippen LogP contribution in [0.25, 0.3) is 0 Å². The van der Waals surface area contributed by atoms with E-state index in [9.17, 15) is 13.2 Å². The minimum Gasteiger partial charge on any atom is -0.335 e. The van der Waals surface area contributed by atoms with Crippen molar-refractivity contribution in [2.45, 2.75) is 12.3 Å². The van der Waals surface area contributed by atoms with Crippen molar-refractivity contribution in [3.63, 3.8) is 0 Å². The maximum absolute atomic E-state index is 12.8. The minimum atomic E-state index is -2.68. The quantitative estimate of drug-likeness (QED) is 0.691. The molecule has 0 aromatic carbocycles. The fraction of sp³-hybridized carbons (Fsp3) is 0.500. The molecule has 0 radical (unpaired) electrons. The van der Waals surface area contributed by atoms with Crippen LogP contribution in [0.3, 0.4) is 0 Å². The number of anilines is 1. The third kappa shape index (κ3) is 1.78. The molecule has 2 heterocycles. The highest BCUT2D eigenvalue weighted by Crippen LogP contribution is 2.28. The number of hydrogen-bond acceptors (Lipinski definition) is 3. The summed E-state index contributed by atoms with van der Waals surface area (Å²) in [5, 5.41) is 0. The van der Waals surface area contributed by atoms with Crippen LogP contribution >= 0.6 is 0 Å². The topological polar surface area (TPSA) is 29.0 Å². The number of nitrogens with zero attached hydrogens (tertiary/aromatic N) is 3. The van der Waals surface area contributed by atoms with E-state index in [1.165, 1.54) is 4.90 Å². The molecule has 0 spiro atoms. The Morgan fingerprint density at radius 2 is 1.93 bits per heavy atom. The second-order valence-electron chi connectivity index (χ2n) is 3.23. The Morgan fingerprint density at radius 3 is 2.43 bits per heavy atom. The van der Waals surface area contributed by atoms with Crippen LogP contribution in [0.5, 0.6) is 0 Å². The number of rotatable bonds is 1. The Labute approximate surface area is 78.6 Å². The first kappa shape index (κ1) is 9.23. The van der Waals surface area contributed by atoms with Crippen molar-refractivity contribution in [2.75, 3.05) is 18.0 Å². The summed E-state index contributed by atoms with van der Waals surface area (Å²) in [5.74, 6) is -3.10. The molecule has 1 aliphatic rings. The van der Waals surface area contributed by atoms with Gasteiger partial charge in [0.2, 0.25) is 5.95 Å². The lowest BCUT2D eigenvalue weighted by Gasteiger charge is -2.14. The molecule has 0 amide bonds. The van der Waals surface area contributed by atoms with E-state index in [-0.39, 0.29) is 18.9 Å². The molecule has 0 atom stereocenters. The van der Waals surface area contributed by atoms with Crippen molar-refractivity contribution in [2.24, 2.45) is 0 Å². The molecular formula is C8H8F3N3. The standard InChI is InChI=1S/C8H8F3N3/c9-6-3-12-7(13-4-6)14-2-1-8(10,11)5-14/h3-4H,1-2,5H2. The van der Waals surface area contributed by atoms with Crippen molar-refractivity contribution in [1.82, 2.24) is 9.97 Å². The molecule has 2 rings (SSSR count). The molecule has 6 heteroatoms. The van der Waals surface area contributed by atoms with Crippen LogP contribution in [0, 0.1) is 5.82 Å². The van der Waals surface area contributed by atoms with E-state index in [4.69, 9.17) is 0 Å². The summed E-state index contributed by atoms with van der Waals surface area (Å²) in [4.78, 5) is 8.61. The van der Waals surface area contributed by atoms with E-state index in [0.29, 0.717) is 0 Å². The first-order valence-electron chi connectivity index (χ1n) is 4.17. The van der Waals surface area contributed by atoms with Gasteiger partial charge in [0.05, 0.1) is 18.9 Å². The minimum absolute atomic E-state index is 0.156. The van der Waals surface area contributed by atoms with Gasteiger partial charge in [-0.3, -0.25) is 0 Å². The molecule has 76 valence electrons. The molecule has 0 bridgehead atoms. The predicted molar refractivity (Wildman–Crippen MR) is 43.8 cm³/mol. The van der Waals surface area contributed by atoms with E-state index in [2.05, 4.69) is 9.97 Å². The summed E-state index contributed by atoms with van der Waals surface area (Å²) in [6.07, 6.45) is 1.74. The normalized spacial score (nSPS) is 20.1. The molecule has 1 aromatic rings. The SMILES string of the molecule is Fc1cnc(N2CCC(F)(F)C2)nc1. The van der Waals surface area contributed by atoms with Gasteiger partial charge in [-0.1, -0.05) is 0 Å². The molecule has 0 saturated carbocycles. The molecule has 1 aliphatic heterocycles. The van der Waals surface area contributed by atoms with Crippen LogP contribution in [0.1, 0.15) is 6.42 Å². The predicted octanol–water partition coefficient (Wildman–Crippen LogP) is 1.46. The Balaban J connectivity index is 2.14. The summed E-state index contributed by atoms with van der Waals surface area (Å²) < 4.78 is 38.0. The highest BCUT2D eigenvalue weighted by atomic mass is 19.3. The monoisotopic (exact) mass is 203 g/mol.